The number of piperazine rings is 1. The molecule has 27 heavy (non-hydrogen) atoms. The summed E-state index contributed by atoms with van der Waals surface area (Å²) in [6.45, 7) is 3.24. The largest absolute Gasteiger partial charge is 0.497 e. The molecule has 1 fully saturated rings. The number of aromatic amines is 1. The van der Waals surface area contributed by atoms with Gasteiger partial charge in [-0.2, -0.15) is 9.40 Å². The van der Waals surface area contributed by atoms with E-state index in [0.29, 0.717) is 44.0 Å². The Morgan fingerprint density at radius 2 is 1.85 bits per heavy atom. The molecule has 1 N–H and O–H groups in total. The first-order chi connectivity index (χ1) is 12.9. The molecule has 0 bridgehead atoms. The number of benzene rings is 1. The van der Waals surface area contributed by atoms with Crippen LogP contribution in [0, 0.1) is 0 Å². The van der Waals surface area contributed by atoms with Crippen LogP contribution in [0.2, 0.25) is 0 Å². The number of hydrogen-bond acceptors (Lipinski definition) is 5. The summed E-state index contributed by atoms with van der Waals surface area (Å²) in [5.74, 6) is 0.725. The van der Waals surface area contributed by atoms with E-state index in [9.17, 15) is 13.2 Å². The molecule has 2 heterocycles. The van der Waals surface area contributed by atoms with E-state index in [-0.39, 0.29) is 11.7 Å². The van der Waals surface area contributed by atoms with Gasteiger partial charge in [0.25, 0.3) is 5.91 Å². The van der Waals surface area contributed by atoms with Crippen LogP contribution in [0.25, 0.3) is 11.3 Å². The van der Waals surface area contributed by atoms with E-state index >= 15 is 0 Å². The molecule has 8 nitrogen and oxygen atoms in total. The van der Waals surface area contributed by atoms with Crippen molar-refractivity contribution in [1.29, 1.82) is 0 Å². The zero-order valence-corrected chi connectivity index (χ0v) is 16.3. The highest BCUT2D eigenvalue weighted by Crippen LogP contribution is 2.22. The van der Waals surface area contributed by atoms with Gasteiger partial charge < -0.3 is 9.64 Å². The van der Waals surface area contributed by atoms with Gasteiger partial charge in [0.15, 0.2) is 0 Å². The van der Waals surface area contributed by atoms with Crippen molar-refractivity contribution in [2.24, 2.45) is 0 Å². The highest BCUT2D eigenvalue weighted by molar-refractivity contribution is 7.89. The van der Waals surface area contributed by atoms with E-state index in [4.69, 9.17) is 4.74 Å². The molecule has 146 valence electrons. The first-order valence-corrected chi connectivity index (χ1v) is 10.5. The molecule has 0 saturated carbocycles. The first kappa shape index (κ1) is 19.4. The van der Waals surface area contributed by atoms with Crippen molar-refractivity contribution in [3.8, 4) is 17.0 Å². The standard InChI is InChI=1S/C18H24N4O4S/c1-3-12-27(24,25)22-10-8-21(9-11-22)18(23)17-13-16(19-20-17)14-4-6-15(26-2)7-5-14/h4-7,13H,3,8-12H2,1-2H3,(H,19,20). The van der Waals surface area contributed by atoms with Crippen molar-refractivity contribution in [2.75, 3.05) is 39.0 Å². The average molecular weight is 392 g/mol. The fourth-order valence-corrected chi connectivity index (χ4v) is 4.56. The van der Waals surface area contributed by atoms with Crippen molar-refractivity contribution in [2.45, 2.75) is 13.3 Å². The van der Waals surface area contributed by atoms with Crippen LogP contribution in [0.3, 0.4) is 0 Å². The van der Waals surface area contributed by atoms with E-state index in [1.54, 1.807) is 18.1 Å². The van der Waals surface area contributed by atoms with Crippen LogP contribution in [0.5, 0.6) is 5.75 Å². The quantitative estimate of drug-likeness (QED) is 0.805. The number of hydrogen-bond donors (Lipinski definition) is 1. The Morgan fingerprint density at radius 3 is 2.44 bits per heavy atom. The molecule has 1 saturated heterocycles. The summed E-state index contributed by atoms with van der Waals surface area (Å²) in [6, 6.07) is 9.13. The molecule has 0 spiro atoms. The normalized spacial score (nSPS) is 15.7. The third-order valence-electron chi connectivity index (χ3n) is 4.58. The number of rotatable bonds is 6. The van der Waals surface area contributed by atoms with Crippen molar-refractivity contribution >= 4 is 15.9 Å². The van der Waals surface area contributed by atoms with Crippen LogP contribution < -0.4 is 4.74 Å². The number of aromatic nitrogens is 2. The Balaban J connectivity index is 1.65. The third kappa shape index (κ3) is 4.30. The number of nitrogens with zero attached hydrogens (tertiary/aromatic N) is 3. The van der Waals surface area contributed by atoms with Gasteiger partial charge in [0.2, 0.25) is 10.0 Å². The lowest BCUT2D eigenvalue weighted by Crippen LogP contribution is -2.51. The molecule has 9 heteroatoms. The Bertz CT molecular complexity index is 884. The first-order valence-electron chi connectivity index (χ1n) is 8.91. The van der Waals surface area contributed by atoms with Gasteiger partial charge in [-0.15, -0.1) is 0 Å². The second kappa shape index (κ2) is 8.10. The maximum absolute atomic E-state index is 12.7. The Kier molecular flexibility index (Phi) is 5.81. The minimum absolute atomic E-state index is 0.146. The van der Waals surface area contributed by atoms with Gasteiger partial charge in [-0.25, -0.2) is 8.42 Å². The maximum Gasteiger partial charge on any atom is 0.271 e. The van der Waals surface area contributed by atoms with Gasteiger partial charge in [0.05, 0.1) is 18.6 Å². The monoisotopic (exact) mass is 392 g/mol. The summed E-state index contributed by atoms with van der Waals surface area (Å²) in [4.78, 5) is 14.3. The lowest BCUT2D eigenvalue weighted by atomic mass is 10.1. The average Bonchev–Trinajstić information content (AvgIpc) is 3.18. The highest BCUT2D eigenvalue weighted by atomic mass is 32.2. The van der Waals surface area contributed by atoms with Gasteiger partial charge in [-0.1, -0.05) is 6.92 Å². The summed E-state index contributed by atoms with van der Waals surface area (Å²) >= 11 is 0. The summed E-state index contributed by atoms with van der Waals surface area (Å²) in [5, 5.41) is 7.00. The van der Waals surface area contributed by atoms with Crippen LogP contribution in [0.1, 0.15) is 23.8 Å². The van der Waals surface area contributed by atoms with E-state index < -0.39 is 10.0 Å². The fourth-order valence-electron chi connectivity index (χ4n) is 3.07. The number of sulfonamides is 1. The minimum atomic E-state index is -3.22. The fraction of sp³-hybridized carbons (Fsp3) is 0.444. The molecule has 2 aromatic rings. The van der Waals surface area contributed by atoms with E-state index in [1.165, 1.54) is 4.31 Å². The Labute approximate surface area is 159 Å². The minimum Gasteiger partial charge on any atom is -0.497 e. The maximum atomic E-state index is 12.7. The van der Waals surface area contributed by atoms with Gasteiger partial charge >= 0.3 is 0 Å². The summed E-state index contributed by atoms with van der Waals surface area (Å²) < 4.78 is 30.9. The van der Waals surface area contributed by atoms with Gasteiger partial charge in [0, 0.05) is 31.7 Å². The molecule has 1 amide bonds. The zero-order chi connectivity index (χ0) is 19.4. The number of nitrogens with one attached hydrogen (secondary N) is 1. The number of carbonyl (C=O) groups excluding carboxylic acids is 1. The van der Waals surface area contributed by atoms with Crippen molar-refractivity contribution < 1.29 is 17.9 Å². The Morgan fingerprint density at radius 1 is 1.19 bits per heavy atom. The highest BCUT2D eigenvalue weighted by Gasteiger charge is 2.29. The smallest absolute Gasteiger partial charge is 0.271 e. The predicted molar refractivity (Wildman–Crippen MR) is 102 cm³/mol. The van der Waals surface area contributed by atoms with Crippen LogP contribution in [0.15, 0.2) is 30.3 Å². The van der Waals surface area contributed by atoms with Crippen LogP contribution in [0.4, 0.5) is 0 Å². The van der Waals surface area contributed by atoms with Gasteiger partial charge in [-0.3, -0.25) is 9.89 Å². The predicted octanol–water partition coefficient (Wildman–Crippen LogP) is 1.58. The van der Waals surface area contributed by atoms with E-state index in [1.807, 2.05) is 31.2 Å². The lowest BCUT2D eigenvalue weighted by molar-refractivity contribution is 0.0692. The number of methoxy groups -OCH3 is 1. The number of amides is 1. The number of ether oxygens (including phenoxy) is 1. The van der Waals surface area contributed by atoms with Crippen molar-refractivity contribution in [1.82, 2.24) is 19.4 Å². The second-order valence-corrected chi connectivity index (χ2v) is 8.49. The van der Waals surface area contributed by atoms with E-state index in [0.717, 1.165) is 11.3 Å². The molecule has 0 radical (unpaired) electrons. The summed E-state index contributed by atoms with van der Waals surface area (Å²) in [6.07, 6.45) is 0.587. The topological polar surface area (TPSA) is 95.6 Å². The SMILES string of the molecule is CCCS(=O)(=O)N1CCN(C(=O)c2cc(-c3ccc(OC)cc3)n[nH]2)CC1. The van der Waals surface area contributed by atoms with Gasteiger partial charge in [0.1, 0.15) is 11.4 Å². The number of H-pyrrole nitrogens is 1. The summed E-state index contributed by atoms with van der Waals surface area (Å²) in [5.41, 5.74) is 1.94. The zero-order valence-electron chi connectivity index (χ0n) is 15.5. The van der Waals surface area contributed by atoms with Gasteiger partial charge in [-0.05, 0) is 36.8 Å². The Hall–Kier alpha value is -2.39. The number of carbonyl (C=O) groups is 1. The third-order valence-corrected chi connectivity index (χ3v) is 6.65. The van der Waals surface area contributed by atoms with Crippen molar-refractivity contribution in [3.63, 3.8) is 0 Å². The molecule has 1 aliphatic heterocycles. The lowest BCUT2D eigenvalue weighted by Gasteiger charge is -2.33. The van der Waals surface area contributed by atoms with Crippen LogP contribution >= 0.6 is 0 Å². The molecular weight excluding hydrogens is 368 g/mol. The molecule has 0 aliphatic carbocycles. The summed E-state index contributed by atoms with van der Waals surface area (Å²) in [7, 11) is -1.62. The van der Waals surface area contributed by atoms with Crippen LogP contribution in [-0.4, -0.2) is 72.8 Å². The molecular formula is C18H24N4O4S. The molecule has 1 aromatic carbocycles. The molecule has 0 unspecified atom stereocenters. The molecule has 1 aromatic heterocycles. The van der Waals surface area contributed by atoms with E-state index in [2.05, 4.69) is 10.2 Å². The van der Waals surface area contributed by atoms with Crippen molar-refractivity contribution in [3.05, 3.63) is 36.0 Å². The molecule has 3 rings (SSSR count). The second-order valence-electron chi connectivity index (χ2n) is 6.40. The van der Waals surface area contributed by atoms with Crippen LogP contribution in [-0.2, 0) is 10.0 Å². The molecule has 0 atom stereocenters. The molecule has 1 aliphatic rings.